The summed E-state index contributed by atoms with van der Waals surface area (Å²) < 4.78 is 8.13. The first-order chi connectivity index (χ1) is 11.3. The fourth-order valence-corrected chi connectivity index (χ4v) is 3.15. The summed E-state index contributed by atoms with van der Waals surface area (Å²) in [6.45, 7) is 1.46. The van der Waals surface area contributed by atoms with Crippen molar-refractivity contribution in [2.75, 3.05) is 12.9 Å². The average Bonchev–Trinajstić information content (AvgIpc) is 2.97. The molecule has 2 aromatic carbocycles. The van der Waals surface area contributed by atoms with Crippen LogP contribution in [0.15, 0.2) is 53.7 Å². The lowest BCUT2D eigenvalue weighted by atomic mass is 10.2. The molecule has 0 bridgehead atoms. The van der Waals surface area contributed by atoms with Crippen LogP contribution in [0.2, 0.25) is 0 Å². The molecule has 0 aliphatic heterocycles. The first kappa shape index (κ1) is 15.9. The second-order valence-corrected chi connectivity index (χ2v) is 6.00. The topological polar surface area (TPSA) is 47.3 Å². The molecule has 0 spiro atoms. The Kier molecular flexibility index (Phi) is 5.20. The van der Waals surface area contributed by atoms with E-state index in [0.717, 1.165) is 34.0 Å². The van der Waals surface area contributed by atoms with Crippen molar-refractivity contribution in [2.45, 2.75) is 24.7 Å². The Hall–Kier alpha value is -1.98. The van der Waals surface area contributed by atoms with E-state index in [1.54, 1.807) is 11.8 Å². The number of ether oxygens (including phenoxy) is 1. The van der Waals surface area contributed by atoms with Gasteiger partial charge >= 0.3 is 0 Å². The van der Waals surface area contributed by atoms with E-state index in [1.165, 1.54) is 0 Å². The number of hydrogen-bond donors (Lipinski definition) is 1. The van der Waals surface area contributed by atoms with Gasteiger partial charge in [0.1, 0.15) is 17.9 Å². The first-order valence-electron chi connectivity index (χ1n) is 7.64. The molecule has 0 unspecified atom stereocenters. The maximum Gasteiger partial charge on any atom is 0.168 e. The van der Waals surface area contributed by atoms with E-state index in [0.29, 0.717) is 13.0 Å². The SMILES string of the molecule is CSc1nc2c(OCc3ccccc3)cccc2n1CCCO. The van der Waals surface area contributed by atoms with Gasteiger partial charge in [0, 0.05) is 13.2 Å². The number of rotatable bonds is 7. The predicted octanol–water partition coefficient (Wildman–Crippen LogP) is 3.72. The number of thioether (sulfide) groups is 1. The lowest BCUT2D eigenvalue weighted by Gasteiger charge is -2.08. The molecule has 0 fully saturated rings. The van der Waals surface area contributed by atoms with Crippen LogP contribution in [0.3, 0.4) is 0 Å². The van der Waals surface area contributed by atoms with Crippen molar-refractivity contribution in [1.29, 1.82) is 0 Å². The minimum absolute atomic E-state index is 0.178. The van der Waals surface area contributed by atoms with Crippen LogP contribution in [0.25, 0.3) is 11.0 Å². The van der Waals surface area contributed by atoms with Crippen LogP contribution in [-0.2, 0) is 13.2 Å². The first-order valence-corrected chi connectivity index (χ1v) is 8.87. The normalized spacial score (nSPS) is 11.0. The molecule has 120 valence electrons. The molecule has 1 aromatic heterocycles. The summed E-state index contributed by atoms with van der Waals surface area (Å²) in [7, 11) is 0. The third-order valence-corrected chi connectivity index (χ3v) is 4.34. The minimum Gasteiger partial charge on any atom is -0.487 e. The van der Waals surface area contributed by atoms with Gasteiger partial charge in [-0.15, -0.1) is 0 Å². The number of hydrogen-bond acceptors (Lipinski definition) is 4. The molecule has 0 aliphatic rings. The zero-order valence-corrected chi connectivity index (χ0v) is 13.9. The van der Waals surface area contributed by atoms with Gasteiger partial charge in [0.15, 0.2) is 5.16 Å². The summed E-state index contributed by atoms with van der Waals surface area (Å²) in [5.74, 6) is 0.796. The molecule has 0 radical (unpaired) electrons. The molecule has 0 aliphatic carbocycles. The number of aliphatic hydroxyl groups is 1. The monoisotopic (exact) mass is 328 g/mol. The van der Waals surface area contributed by atoms with Gasteiger partial charge in [0.05, 0.1) is 5.52 Å². The van der Waals surface area contributed by atoms with Crippen molar-refractivity contribution >= 4 is 22.8 Å². The number of aliphatic hydroxyl groups excluding tert-OH is 1. The van der Waals surface area contributed by atoms with Crippen LogP contribution < -0.4 is 4.74 Å². The Morgan fingerprint density at radius 3 is 2.70 bits per heavy atom. The molecule has 3 rings (SSSR count). The van der Waals surface area contributed by atoms with Gasteiger partial charge in [0.2, 0.25) is 0 Å². The summed E-state index contributed by atoms with van der Waals surface area (Å²) in [5, 5.41) is 10.0. The Morgan fingerprint density at radius 2 is 1.96 bits per heavy atom. The molecule has 23 heavy (non-hydrogen) atoms. The number of nitrogens with zero attached hydrogens (tertiary/aromatic N) is 2. The number of benzene rings is 2. The minimum atomic E-state index is 0.178. The average molecular weight is 328 g/mol. The molecule has 1 N–H and O–H groups in total. The summed E-state index contributed by atoms with van der Waals surface area (Å²) >= 11 is 1.61. The third kappa shape index (κ3) is 3.51. The number of imidazole rings is 1. The standard InChI is InChI=1S/C18H20N2O2S/c1-23-18-19-17-15(20(18)11-6-12-21)9-5-10-16(17)22-13-14-7-3-2-4-8-14/h2-5,7-10,21H,6,11-13H2,1H3. The van der Waals surface area contributed by atoms with Crippen LogP contribution in [-0.4, -0.2) is 27.5 Å². The van der Waals surface area contributed by atoms with Crippen molar-refractivity contribution in [3.8, 4) is 5.75 Å². The largest absolute Gasteiger partial charge is 0.487 e. The highest BCUT2D eigenvalue weighted by Crippen LogP contribution is 2.30. The zero-order chi connectivity index (χ0) is 16.1. The second kappa shape index (κ2) is 7.53. The Balaban J connectivity index is 1.90. The summed E-state index contributed by atoms with van der Waals surface area (Å²) in [6, 6.07) is 16.1. The number of fused-ring (bicyclic) bond motifs is 1. The molecule has 1 heterocycles. The van der Waals surface area contributed by atoms with Gasteiger partial charge < -0.3 is 14.4 Å². The summed E-state index contributed by atoms with van der Waals surface area (Å²) in [6.07, 6.45) is 2.73. The molecule has 0 amide bonds. The van der Waals surface area contributed by atoms with Gasteiger partial charge in [-0.1, -0.05) is 48.2 Å². The van der Waals surface area contributed by atoms with E-state index in [1.807, 2.05) is 48.7 Å². The number of aryl methyl sites for hydroxylation is 1. The number of para-hydroxylation sites is 1. The summed E-state index contributed by atoms with van der Waals surface area (Å²) in [5.41, 5.74) is 3.06. The Morgan fingerprint density at radius 1 is 1.13 bits per heavy atom. The number of aromatic nitrogens is 2. The lowest BCUT2D eigenvalue weighted by Crippen LogP contribution is -2.01. The van der Waals surface area contributed by atoms with Gasteiger partial charge in [-0.05, 0) is 30.4 Å². The summed E-state index contributed by atoms with van der Waals surface area (Å²) in [4.78, 5) is 4.72. The van der Waals surface area contributed by atoms with Gasteiger partial charge in [-0.2, -0.15) is 0 Å². The van der Waals surface area contributed by atoms with Crippen LogP contribution in [0.1, 0.15) is 12.0 Å². The Bertz CT molecular complexity index is 771. The van der Waals surface area contributed by atoms with E-state index in [9.17, 15) is 0 Å². The molecule has 4 nitrogen and oxygen atoms in total. The van der Waals surface area contributed by atoms with Gasteiger partial charge in [-0.3, -0.25) is 0 Å². The molecule has 0 saturated heterocycles. The zero-order valence-electron chi connectivity index (χ0n) is 13.1. The van der Waals surface area contributed by atoms with Crippen LogP contribution in [0, 0.1) is 0 Å². The maximum absolute atomic E-state index is 9.10. The highest BCUT2D eigenvalue weighted by Gasteiger charge is 2.13. The lowest BCUT2D eigenvalue weighted by molar-refractivity contribution is 0.279. The predicted molar refractivity (Wildman–Crippen MR) is 94.0 cm³/mol. The van der Waals surface area contributed by atoms with Gasteiger partial charge in [0.25, 0.3) is 0 Å². The maximum atomic E-state index is 9.10. The molecule has 5 heteroatoms. The van der Waals surface area contributed by atoms with E-state index >= 15 is 0 Å². The van der Waals surface area contributed by atoms with E-state index in [-0.39, 0.29) is 6.61 Å². The fourth-order valence-electron chi connectivity index (χ4n) is 2.55. The van der Waals surface area contributed by atoms with E-state index in [2.05, 4.69) is 10.6 Å². The quantitative estimate of drug-likeness (QED) is 0.672. The van der Waals surface area contributed by atoms with Crippen molar-refractivity contribution in [3.63, 3.8) is 0 Å². The van der Waals surface area contributed by atoms with E-state index < -0.39 is 0 Å². The molecule has 3 aromatic rings. The van der Waals surface area contributed by atoms with Crippen LogP contribution in [0.4, 0.5) is 0 Å². The fraction of sp³-hybridized carbons (Fsp3) is 0.278. The van der Waals surface area contributed by atoms with Crippen molar-refractivity contribution < 1.29 is 9.84 Å². The highest BCUT2D eigenvalue weighted by atomic mass is 32.2. The van der Waals surface area contributed by atoms with Crippen molar-refractivity contribution in [3.05, 3.63) is 54.1 Å². The third-order valence-electron chi connectivity index (χ3n) is 3.67. The van der Waals surface area contributed by atoms with Crippen molar-refractivity contribution in [2.24, 2.45) is 0 Å². The van der Waals surface area contributed by atoms with E-state index in [4.69, 9.17) is 14.8 Å². The molecule has 0 atom stereocenters. The van der Waals surface area contributed by atoms with Gasteiger partial charge in [-0.25, -0.2) is 4.98 Å². The highest BCUT2D eigenvalue weighted by molar-refractivity contribution is 7.98. The van der Waals surface area contributed by atoms with Crippen LogP contribution in [0.5, 0.6) is 5.75 Å². The molecular weight excluding hydrogens is 308 g/mol. The molecular formula is C18H20N2O2S. The van der Waals surface area contributed by atoms with Crippen LogP contribution >= 0.6 is 11.8 Å². The smallest absolute Gasteiger partial charge is 0.168 e. The van der Waals surface area contributed by atoms with Crippen molar-refractivity contribution in [1.82, 2.24) is 9.55 Å². The second-order valence-electron chi connectivity index (χ2n) is 5.23. The molecule has 0 saturated carbocycles. The Labute approximate surface area is 140 Å².